The molecule has 1 aliphatic rings. The number of nitrogens with zero attached hydrogens (tertiary/aromatic N) is 2. The van der Waals surface area contributed by atoms with Crippen LogP contribution in [0.2, 0.25) is 10.0 Å². The number of benzene rings is 3. The van der Waals surface area contributed by atoms with Crippen LogP contribution >= 0.6 is 23.2 Å². The Morgan fingerprint density at radius 1 is 0.895 bits per heavy atom. The van der Waals surface area contributed by atoms with Gasteiger partial charge in [-0.05, 0) is 71.3 Å². The van der Waals surface area contributed by atoms with Gasteiger partial charge in [0.2, 0.25) is 0 Å². The summed E-state index contributed by atoms with van der Waals surface area (Å²) in [6.45, 7) is 0.194. The van der Waals surface area contributed by atoms with E-state index in [-0.39, 0.29) is 30.6 Å². The van der Waals surface area contributed by atoms with Crippen LogP contribution in [0.25, 0.3) is 0 Å². The molecule has 1 atom stereocenters. The van der Waals surface area contributed by atoms with Crippen LogP contribution in [-0.2, 0) is 24.2 Å². The third-order valence-electron chi connectivity index (χ3n) is 6.46. The first-order valence-corrected chi connectivity index (χ1v) is 12.8. The summed E-state index contributed by atoms with van der Waals surface area (Å²) in [4.78, 5) is 45.6. The molecule has 0 bridgehead atoms. The molecule has 0 saturated heterocycles. The molecule has 6 nitrogen and oxygen atoms in total. The smallest absolute Gasteiger partial charge is 0.256 e. The van der Waals surface area contributed by atoms with E-state index in [1.54, 1.807) is 83.9 Å². The monoisotopic (exact) mass is 543 g/mol. The number of halogens is 2. The molecule has 0 unspecified atom stereocenters. The third-order valence-corrected chi connectivity index (χ3v) is 6.93. The van der Waals surface area contributed by atoms with Crippen molar-refractivity contribution >= 4 is 46.6 Å². The number of aromatic nitrogens is 1. The maximum absolute atomic E-state index is 13.8. The maximum Gasteiger partial charge on any atom is 0.256 e. The molecule has 0 spiro atoms. The number of hydrogen-bond donors (Lipinski definition) is 1. The number of pyridine rings is 1. The van der Waals surface area contributed by atoms with E-state index < -0.39 is 6.04 Å². The van der Waals surface area contributed by atoms with Crippen LogP contribution in [0.3, 0.4) is 0 Å². The fourth-order valence-electron chi connectivity index (χ4n) is 4.57. The van der Waals surface area contributed by atoms with E-state index in [4.69, 9.17) is 23.2 Å². The molecule has 2 heterocycles. The van der Waals surface area contributed by atoms with Crippen LogP contribution in [0.4, 0.5) is 5.82 Å². The molecule has 190 valence electrons. The van der Waals surface area contributed by atoms with E-state index in [2.05, 4.69) is 10.3 Å². The highest BCUT2D eigenvalue weighted by molar-refractivity contribution is 6.31. The average molecular weight is 544 g/mol. The lowest BCUT2D eigenvalue weighted by Crippen LogP contribution is -2.44. The summed E-state index contributed by atoms with van der Waals surface area (Å²) in [5.41, 5.74) is 3.18. The Balaban J connectivity index is 1.43. The minimum Gasteiger partial charge on any atom is -0.324 e. The van der Waals surface area contributed by atoms with Crippen molar-refractivity contribution in [3.63, 3.8) is 0 Å². The molecule has 5 rings (SSSR count). The number of ketones is 1. The van der Waals surface area contributed by atoms with Crippen LogP contribution in [-0.4, -0.2) is 33.5 Å². The fourth-order valence-corrected chi connectivity index (χ4v) is 4.98. The normalized spacial score (nSPS) is 15.1. The lowest BCUT2D eigenvalue weighted by Gasteiger charge is -2.29. The maximum atomic E-state index is 13.8. The quantitative estimate of drug-likeness (QED) is 0.322. The van der Waals surface area contributed by atoms with Gasteiger partial charge in [-0.2, -0.15) is 0 Å². The highest BCUT2D eigenvalue weighted by Gasteiger charge is 2.35. The van der Waals surface area contributed by atoms with Crippen LogP contribution in [0.5, 0.6) is 0 Å². The van der Waals surface area contributed by atoms with Crippen molar-refractivity contribution in [1.82, 2.24) is 9.88 Å². The predicted octanol–water partition coefficient (Wildman–Crippen LogP) is 6.02. The minimum atomic E-state index is -0.695. The first kappa shape index (κ1) is 25.6. The van der Waals surface area contributed by atoms with E-state index in [0.29, 0.717) is 39.0 Å². The van der Waals surface area contributed by atoms with Gasteiger partial charge in [0.15, 0.2) is 5.78 Å². The number of fused-ring (bicyclic) bond motifs is 1. The van der Waals surface area contributed by atoms with Crippen molar-refractivity contribution in [2.45, 2.75) is 25.4 Å². The summed E-state index contributed by atoms with van der Waals surface area (Å²) in [6, 6.07) is 23.8. The van der Waals surface area contributed by atoms with Gasteiger partial charge in [0, 0.05) is 46.8 Å². The van der Waals surface area contributed by atoms with E-state index in [0.717, 1.165) is 11.1 Å². The van der Waals surface area contributed by atoms with Gasteiger partial charge in [0.25, 0.3) is 11.8 Å². The molecular weight excluding hydrogens is 521 g/mol. The molecular formula is C30H23Cl2N3O3. The standard InChI is InChI=1S/C30H23Cl2N3O3/c31-23-5-3-4-20(14-23)15-26-27(36)17-22-16-24(32)11-12-25(22)30(38)35(26)18-19-7-9-21(10-8-19)29(37)34-28-6-1-2-13-33-28/h1-14,16,26H,15,17-18H2,(H,33,34,37)/t26-/m1/s1. The van der Waals surface area contributed by atoms with Gasteiger partial charge in [-0.15, -0.1) is 0 Å². The lowest BCUT2D eigenvalue weighted by molar-refractivity contribution is -0.122. The molecule has 0 saturated carbocycles. The number of anilines is 1. The topological polar surface area (TPSA) is 79.4 Å². The summed E-state index contributed by atoms with van der Waals surface area (Å²) in [6.07, 6.45) is 2.04. The number of amides is 2. The second kappa shape index (κ2) is 11.2. The first-order valence-electron chi connectivity index (χ1n) is 12.1. The Morgan fingerprint density at radius 2 is 1.68 bits per heavy atom. The zero-order valence-electron chi connectivity index (χ0n) is 20.2. The number of Topliss-reactive ketones (excluding diaryl/α,β-unsaturated/α-hetero) is 1. The number of nitrogens with one attached hydrogen (secondary N) is 1. The van der Waals surface area contributed by atoms with Crippen LogP contribution in [0.15, 0.2) is 91.1 Å². The number of rotatable bonds is 6. The molecule has 1 N–H and O–H groups in total. The summed E-state index contributed by atoms with van der Waals surface area (Å²) >= 11 is 12.4. The Bertz CT molecular complexity index is 1510. The minimum absolute atomic E-state index is 0.0781. The number of carbonyl (C=O) groups excluding carboxylic acids is 3. The summed E-state index contributed by atoms with van der Waals surface area (Å²) < 4.78 is 0. The van der Waals surface area contributed by atoms with Gasteiger partial charge >= 0.3 is 0 Å². The molecule has 4 aromatic rings. The van der Waals surface area contributed by atoms with Crippen molar-refractivity contribution < 1.29 is 14.4 Å². The highest BCUT2D eigenvalue weighted by Crippen LogP contribution is 2.27. The van der Waals surface area contributed by atoms with Crippen LogP contribution < -0.4 is 5.32 Å². The number of hydrogen-bond acceptors (Lipinski definition) is 4. The molecule has 38 heavy (non-hydrogen) atoms. The first-order chi connectivity index (χ1) is 18.4. The Labute approximate surface area is 230 Å². The molecule has 1 aromatic heterocycles. The molecule has 0 fully saturated rings. The Kier molecular flexibility index (Phi) is 7.54. The van der Waals surface area contributed by atoms with Gasteiger partial charge in [0.1, 0.15) is 5.82 Å². The molecule has 0 aliphatic carbocycles. The number of carbonyl (C=O) groups is 3. The Hall–Kier alpha value is -4.00. The molecule has 8 heteroatoms. The third kappa shape index (κ3) is 5.77. The largest absolute Gasteiger partial charge is 0.324 e. The van der Waals surface area contributed by atoms with E-state index >= 15 is 0 Å². The fraction of sp³-hybridized carbons (Fsp3) is 0.133. The van der Waals surface area contributed by atoms with E-state index in [1.165, 1.54) is 0 Å². The molecule has 3 aromatic carbocycles. The zero-order valence-corrected chi connectivity index (χ0v) is 21.7. The second-order valence-electron chi connectivity index (χ2n) is 9.09. The highest BCUT2D eigenvalue weighted by atomic mass is 35.5. The molecule has 2 amide bonds. The van der Waals surface area contributed by atoms with Crippen molar-refractivity contribution in [3.05, 3.63) is 129 Å². The predicted molar refractivity (Wildman–Crippen MR) is 148 cm³/mol. The van der Waals surface area contributed by atoms with Crippen molar-refractivity contribution in [2.24, 2.45) is 0 Å². The van der Waals surface area contributed by atoms with Crippen molar-refractivity contribution in [1.29, 1.82) is 0 Å². The van der Waals surface area contributed by atoms with Gasteiger partial charge in [-0.3, -0.25) is 14.4 Å². The molecule has 1 aliphatic heterocycles. The SMILES string of the molecule is O=C(Nc1ccccn1)c1ccc(CN2C(=O)c3ccc(Cl)cc3CC(=O)[C@H]2Cc2cccc(Cl)c2)cc1. The van der Waals surface area contributed by atoms with Crippen molar-refractivity contribution in [3.8, 4) is 0 Å². The lowest BCUT2D eigenvalue weighted by atomic mass is 9.97. The second-order valence-corrected chi connectivity index (χ2v) is 9.97. The summed E-state index contributed by atoms with van der Waals surface area (Å²) in [5.74, 6) is -0.156. The van der Waals surface area contributed by atoms with Gasteiger partial charge in [0.05, 0.1) is 6.04 Å². The van der Waals surface area contributed by atoms with E-state index in [1.807, 2.05) is 12.1 Å². The van der Waals surface area contributed by atoms with E-state index in [9.17, 15) is 14.4 Å². The summed E-state index contributed by atoms with van der Waals surface area (Å²) in [7, 11) is 0. The average Bonchev–Trinajstić information content (AvgIpc) is 2.99. The van der Waals surface area contributed by atoms with Gasteiger partial charge < -0.3 is 10.2 Å². The van der Waals surface area contributed by atoms with Crippen LogP contribution in [0, 0.1) is 0 Å². The van der Waals surface area contributed by atoms with Crippen LogP contribution in [0.1, 0.15) is 37.4 Å². The molecule has 0 radical (unpaired) electrons. The zero-order chi connectivity index (χ0) is 26.6. The summed E-state index contributed by atoms with van der Waals surface area (Å²) in [5, 5.41) is 3.80. The van der Waals surface area contributed by atoms with Gasteiger partial charge in [-0.1, -0.05) is 53.5 Å². The van der Waals surface area contributed by atoms with Crippen molar-refractivity contribution in [2.75, 3.05) is 5.32 Å². The Morgan fingerprint density at radius 3 is 2.42 bits per heavy atom. The van der Waals surface area contributed by atoms with Gasteiger partial charge in [-0.25, -0.2) is 4.98 Å².